The number of aryl methyl sites for hydroxylation is 1. The van der Waals surface area contributed by atoms with Crippen molar-refractivity contribution in [3.8, 4) is 5.75 Å². The molecule has 0 radical (unpaired) electrons. The lowest BCUT2D eigenvalue weighted by atomic mass is 10.2. The van der Waals surface area contributed by atoms with Crippen LogP contribution in [0.2, 0.25) is 0 Å². The number of ether oxygens (including phenoxy) is 1. The van der Waals surface area contributed by atoms with Gasteiger partial charge in [0, 0.05) is 31.9 Å². The zero-order valence-electron chi connectivity index (χ0n) is 16.9. The van der Waals surface area contributed by atoms with E-state index in [1.165, 1.54) is 16.8 Å². The van der Waals surface area contributed by atoms with E-state index < -0.39 is 5.91 Å². The first-order valence-electron chi connectivity index (χ1n) is 10.0. The molecule has 29 heavy (non-hydrogen) atoms. The minimum Gasteiger partial charge on any atom is -0.494 e. The Morgan fingerprint density at radius 2 is 1.69 bits per heavy atom. The van der Waals surface area contributed by atoms with Gasteiger partial charge >= 0.3 is 0 Å². The van der Waals surface area contributed by atoms with Crippen molar-refractivity contribution in [3.05, 3.63) is 58.0 Å². The number of nitrogens with one attached hydrogen (secondary N) is 1. The largest absolute Gasteiger partial charge is 0.494 e. The van der Waals surface area contributed by atoms with Gasteiger partial charge in [0.25, 0.3) is 17.4 Å². The Labute approximate surface area is 170 Å². The van der Waals surface area contributed by atoms with E-state index in [9.17, 15) is 14.4 Å². The second kappa shape index (κ2) is 9.41. The van der Waals surface area contributed by atoms with Crippen LogP contribution in [-0.2, 0) is 7.05 Å². The van der Waals surface area contributed by atoms with Crippen LogP contribution in [0, 0.1) is 0 Å². The third-order valence-electron chi connectivity index (χ3n) is 5.00. The number of nitrogens with zero attached hydrogens (tertiary/aromatic N) is 2. The topological polar surface area (TPSA) is 80.6 Å². The fourth-order valence-electron chi connectivity index (χ4n) is 3.44. The summed E-state index contributed by atoms with van der Waals surface area (Å²) in [6.07, 6.45) is 5.75. The highest BCUT2D eigenvalue weighted by Crippen LogP contribution is 2.16. The fourth-order valence-corrected chi connectivity index (χ4v) is 3.44. The van der Waals surface area contributed by atoms with Gasteiger partial charge < -0.3 is 19.5 Å². The summed E-state index contributed by atoms with van der Waals surface area (Å²) in [4.78, 5) is 39.8. The maximum atomic E-state index is 12.9. The number of rotatable bonds is 5. The smallest absolute Gasteiger partial charge is 0.274 e. The van der Waals surface area contributed by atoms with Crippen LogP contribution < -0.4 is 15.6 Å². The second-order valence-corrected chi connectivity index (χ2v) is 7.18. The van der Waals surface area contributed by atoms with Gasteiger partial charge in [-0.25, -0.2) is 0 Å². The predicted octanol–water partition coefficient (Wildman–Crippen LogP) is 3.05. The summed E-state index contributed by atoms with van der Waals surface area (Å²) < 4.78 is 6.71. The molecule has 0 saturated carbocycles. The van der Waals surface area contributed by atoms with Crippen molar-refractivity contribution in [1.82, 2.24) is 9.47 Å². The molecule has 1 aliphatic heterocycles. The molecule has 3 rings (SSSR count). The predicted molar refractivity (Wildman–Crippen MR) is 112 cm³/mol. The first-order valence-corrected chi connectivity index (χ1v) is 10.0. The molecule has 0 aliphatic carbocycles. The number of benzene rings is 1. The minimum atomic E-state index is -0.412. The molecule has 2 amide bonds. The second-order valence-electron chi connectivity index (χ2n) is 7.18. The quantitative estimate of drug-likeness (QED) is 0.841. The first-order chi connectivity index (χ1) is 14.0. The zero-order chi connectivity index (χ0) is 20.8. The highest BCUT2D eigenvalue weighted by atomic mass is 16.5. The van der Waals surface area contributed by atoms with Gasteiger partial charge in [-0.2, -0.15) is 0 Å². The summed E-state index contributed by atoms with van der Waals surface area (Å²) >= 11 is 0. The summed E-state index contributed by atoms with van der Waals surface area (Å²) in [5.41, 5.74) is 0.527. The number of carbonyl (C=O) groups excluding carboxylic acids is 2. The number of hydrogen-bond donors (Lipinski definition) is 1. The average molecular weight is 397 g/mol. The molecule has 0 atom stereocenters. The molecule has 1 aromatic carbocycles. The number of likely N-dealkylation sites (tertiary alicyclic amines) is 1. The van der Waals surface area contributed by atoms with Crippen LogP contribution in [-0.4, -0.2) is 41.0 Å². The van der Waals surface area contributed by atoms with Crippen LogP contribution in [0.25, 0.3) is 0 Å². The maximum Gasteiger partial charge on any atom is 0.274 e. The van der Waals surface area contributed by atoms with Crippen LogP contribution in [0.3, 0.4) is 0 Å². The van der Waals surface area contributed by atoms with E-state index in [1.54, 1.807) is 31.3 Å². The van der Waals surface area contributed by atoms with Gasteiger partial charge in [-0.3, -0.25) is 14.4 Å². The third-order valence-corrected chi connectivity index (χ3v) is 5.00. The van der Waals surface area contributed by atoms with E-state index in [-0.39, 0.29) is 17.2 Å². The van der Waals surface area contributed by atoms with Crippen LogP contribution in [0.4, 0.5) is 5.69 Å². The molecule has 1 fully saturated rings. The standard InChI is InChI=1S/C22H27N3O4/c1-3-29-18-10-8-16(9-11-18)20(26)23-19-14-17(15-24(2)22(19)28)21(27)25-12-6-4-5-7-13-25/h8-11,14-15H,3-7,12-13H2,1-2H3,(H,23,26). The van der Waals surface area contributed by atoms with Crippen molar-refractivity contribution in [2.24, 2.45) is 7.05 Å². The van der Waals surface area contributed by atoms with Gasteiger partial charge in [-0.05, 0) is 50.1 Å². The Kier molecular flexibility index (Phi) is 6.69. The van der Waals surface area contributed by atoms with Gasteiger partial charge in [0.2, 0.25) is 0 Å². The van der Waals surface area contributed by atoms with Crippen molar-refractivity contribution in [3.63, 3.8) is 0 Å². The van der Waals surface area contributed by atoms with Gasteiger partial charge in [-0.15, -0.1) is 0 Å². The molecule has 154 valence electrons. The van der Waals surface area contributed by atoms with E-state index >= 15 is 0 Å². The monoisotopic (exact) mass is 397 g/mol. The summed E-state index contributed by atoms with van der Waals surface area (Å²) in [7, 11) is 1.58. The van der Waals surface area contributed by atoms with Crippen molar-refractivity contribution in [1.29, 1.82) is 0 Å². The first kappa shape index (κ1) is 20.6. The van der Waals surface area contributed by atoms with Gasteiger partial charge in [0.05, 0.1) is 12.2 Å². The number of amides is 2. The van der Waals surface area contributed by atoms with Crippen molar-refractivity contribution in [2.45, 2.75) is 32.6 Å². The lowest BCUT2D eigenvalue weighted by Gasteiger charge is -2.21. The van der Waals surface area contributed by atoms with Crippen molar-refractivity contribution >= 4 is 17.5 Å². The van der Waals surface area contributed by atoms with Gasteiger partial charge in [0.15, 0.2) is 0 Å². The Morgan fingerprint density at radius 1 is 1.03 bits per heavy atom. The number of carbonyl (C=O) groups is 2. The van der Waals surface area contributed by atoms with Crippen molar-refractivity contribution < 1.29 is 14.3 Å². The molecule has 0 spiro atoms. The molecule has 7 nitrogen and oxygen atoms in total. The van der Waals surface area contributed by atoms with Crippen molar-refractivity contribution in [2.75, 3.05) is 25.0 Å². The fraction of sp³-hybridized carbons (Fsp3) is 0.409. The van der Waals surface area contributed by atoms with E-state index in [1.807, 2.05) is 11.8 Å². The lowest BCUT2D eigenvalue weighted by molar-refractivity contribution is 0.0760. The van der Waals surface area contributed by atoms with E-state index in [4.69, 9.17) is 4.74 Å². The third kappa shape index (κ3) is 5.04. The highest BCUT2D eigenvalue weighted by molar-refractivity contribution is 6.05. The molecule has 7 heteroatoms. The van der Waals surface area contributed by atoms with E-state index in [0.29, 0.717) is 23.5 Å². The Hall–Kier alpha value is -3.09. The molecule has 2 aromatic rings. The van der Waals surface area contributed by atoms with Crippen LogP contribution in [0.15, 0.2) is 41.3 Å². The zero-order valence-corrected chi connectivity index (χ0v) is 16.9. The summed E-state index contributed by atoms with van der Waals surface area (Å²) in [5, 5.41) is 2.65. The molecule has 1 aliphatic rings. The molecule has 0 unspecified atom stereocenters. The van der Waals surface area contributed by atoms with Crippen LogP contribution in [0.1, 0.15) is 53.3 Å². The lowest BCUT2D eigenvalue weighted by Crippen LogP contribution is -2.33. The molecular weight excluding hydrogens is 370 g/mol. The van der Waals surface area contributed by atoms with Crippen LogP contribution in [0.5, 0.6) is 5.75 Å². The number of aromatic nitrogens is 1. The molecular formula is C22H27N3O4. The Bertz CT molecular complexity index is 926. The molecule has 1 aromatic heterocycles. The molecule has 1 N–H and O–H groups in total. The molecule has 1 saturated heterocycles. The average Bonchev–Trinajstić information content (AvgIpc) is 3.01. The van der Waals surface area contributed by atoms with Crippen LogP contribution >= 0.6 is 0 Å². The SMILES string of the molecule is CCOc1ccc(C(=O)Nc2cc(C(=O)N3CCCCCC3)cn(C)c2=O)cc1. The summed E-state index contributed by atoms with van der Waals surface area (Å²) in [6, 6.07) is 8.15. The molecule has 0 bridgehead atoms. The molecule has 2 heterocycles. The van der Waals surface area contributed by atoms with Gasteiger partial charge in [-0.1, -0.05) is 12.8 Å². The normalized spacial score (nSPS) is 14.2. The number of pyridine rings is 1. The number of anilines is 1. The summed E-state index contributed by atoms with van der Waals surface area (Å²) in [6.45, 7) is 3.86. The Morgan fingerprint density at radius 3 is 2.31 bits per heavy atom. The Balaban J connectivity index is 1.80. The number of hydrogen-bond acceptors (Lipinski definition) is 4. The van der Waals surface area contributed by atoms with Gasteiger partial charge in [0.1, 0.15) is 11.4 Å². The van der Waals surface area contributed by atoms with E-state index in [2.05, 4.69) is 5.32 Å². The maximum absolute atomic E-state index is 12.9. The van der Waals surface area contributed by atoms with E-state index in [0.717, 1.165) is 38.8 Å². The summed E-state index contributed by atoms with van der Waals surface area (Å²) in [5.74, 6) is 0.147. The minimum absolute atomic E-state index is 0.0899. The highest BCUT2D eigenvalue weighted by Gasteiger charge is 2.20.